The molecule has 2 rings (SSSR count). The van der Waals surface area contributed by atoms with Crippen LogP contribution in [-0.2, 0) is 5.75 Å². The number of thioether (sulfide) groups is 1. The van der Waals surface area contributed by atoms with Crippen LogP contribution in [0.3, 0.4) is 0 Å². The highest BCUT2D eigenvalue weighted by molar-refractivity contribution is 7.98. The Morgan fingerprint density at radius 3 is 2.43 bits per heavy atom. The highest BCUT2D eigenvalue weighted by atomic mass is 35.5. The summed E-state index contributed by atoms with van der Waals surface area (Å²) in [5, 5.41) is 9.83. The normalized spacial score (nSPS) is 12.3. The van der Waals surface area contributed by atoms with Gasteiger partial charge in [0.25, 0.3) is 11.1 Å². The molecule has 1 aromatic carbocycles. The van der Waals surface area contributed by atoms with E-state index in [1.54, 1.807) is 0 Å². The smallest absolute Gasteiger partial charge is 0.277 e. The monoisotopic (exact) mass is 367 g/mol. The predicted molar refractivity (Wildman–Crippen MR) is 80.8 cm³/mol. The molecule has 21 heavy (non-hydrogen) atoms. The van der Waals surface area contributed by atoms with E-state index in [4.69, 9.17) is 27.6 Å². The first-order valence-electron chi connectivity index (χ1n) is 6.21. The zero-order chi connectivity index (χ0) is 14.7. The summed E-state index contributed by atoms with van der Waals surface area (Å²) in [4.78, 5) is 0. The Morgan fingerprint density at radius 1 is 1.24 bits per heavy atom. The number of benzene rings is 1. The van der Waals surface area contributed by atoms with Crippen molar-refractivity contribution >= 4 is 35.0 Å². The summed E-state index contributed by atoms with van der Waals surface area (Å²) < 4.78 is 5.60. The Morgan fingerprint density at radius 2 is 1.86 bits per heavy atom. The van der Waals surface area contributed by atoms with Gasteiger partial charge in [0.05, 0.1) is 0 Å². The number of hydrogen-bond donors (Lipinski definition) is 1. The summed E-state index contributed by atoms with van der Waals surface area (Å²) in [7, 11) is 0. The molecule has 0 aliphatic carbocycles. The van der Waals surface area contributed by atoms with Crippen LogP contribution >= 0.6 is 35.0 Å². The first kappa shape index (κ1) is 18.6. The van der Waals surface area contributed by atoms with Gasteiger partial charge in [-0.3, -0.25) is 0 Å². The van der Waals surface area contributed by atoms with E-state index in [1.165, 1.54) is 11.8 Å². The van der Waals surface area contributed by atoms with Gasteiger partial charge in [-0.1, -0.05) is 54.9 Å². The Balaban J connectivity index is 0.00000220. The minimum Gasteiger partial charge on any atom is -1.00 e. The highest BCUT2D eigenvalue weighted by Gasteiger charge is 2.21. The maximum atomic E-state index is 6.12. The molecule has 3 N–H and O–H groups in total. The van der Waals surface area contributed by atoms with Crippen LogP contribution in [0.2, 0.25) is 10.0 Å². The summed E-state index contributed by atoms with van der Waals surface area (Å²) in [6.07, 6.45) is 0. The molecular formula is C13H16Cl3N3OS. The van der Waals surface area contributed by atoms with Crippen LogP contribution in [0.25, 0.3) is 0 Å². The van der Waals surface area contributed by atoms with Crippen molar-refractivity contribution in [3.05, 3.63) is 39.7 Å². The van der Waals surface area contributed by atoms with Crippen LogP contribution in [0.4, 0.5) is 0 Å². The van der Waals surface area contributed by atoms with Crippen LogP contribution < -0.4 is 18.1 Å². The zero-order valence-corrected chi connectivity index (χ0v) is 14.7. The van der Waals surface area contributed by atoms with E-state index < -0.39 is 0 Å². The van der Waals surface area contributed by atoms with E-state index in [1.807, 2.05) is 18.2 Å². The summed E-state index contributed by atoms with van der Waals surface area (Å²) in [6, 6.07) is 5.45. The van der Waals surface area contributed by atoms with Gasteiger partial charge in [0.15, 0.2) is 6.04 Å². The molecule has 0 amide bonds. The van der Waals surface area contributed by atoms with Gasteiger partial charge in [-0.05, 0) is 17.7 Å². The number of quaternary nitrogens is 1. The second-order valence-corrected chi connectivity index (χ2v) is 6.49. The average molecular weight is 369 g/mol. The van der Waals surface area contributed by atoms with Gasteiger partial charge in [-0.25, -0.2) is 0 Å². The molecule has 4 nitrogen and oxygen atoms in total. The third-order valence-corrected chi connectivity index (χ3v) is 4.50. The number of halogens is 3. The Kier molecular flexibility index (Phi) is 7.30. The lowest BCUT2D eigenvalue weighted by molar-refractivity contribution is -0.443. The fraction of sp³-hybridized carbons (Fsp3) is 0.385. The lowest BCUT2D eigenvalue weighted by Crippen LogP contribution is -3.00. The van der Waals surface area contributed by atoms with Crippen molar-refractivity contribution in [2.45, 2.75) is 30.9 Å². The minimum atomic E-state index is 0. The molecule has 1 atom stereocenters. The van der Waals surface area contributed by atoms with E-state index in [0.717, 1.165) is 5.56 Å². The van der Waals surface area contributed by atoms with Crippen molar-refractivity contribution in [1.29, 1.82) is 0 Å². The first-order chi connectivity index (χ1) is 9.49. The van der Waals surface area contributed by atoms with Crippen LogP contribution in [0.5, 0.6) is 0 Å². The number of nitrogens with zero attached hydrogens (tertiary/aromatic N) is 2. The lowest BCUT2D eigenvalue weighted by Gasteiger charge is -2.06. The summed E-state index contributed by atoms with van der Waals surface area (Å²) in [6.45, 7) is 4.14. The van der Waals surface area contributed by atoms with E-state index >= 15 is 0 Å². The molecule has 0 unspecified atom stereocenters. The molecule has 0 radical (unpaired) electrons. The fourth-order valence-corrected chi connectivity index (χ4v) is 3.03. The summed E-state index contributed by atoms with van der Waals surface area (Å²) in [5.41, 5.74) is 4.89. The average Bonchev–Trinajstić information content (AvgIpc) is 2.86. The van der Waals surface area contributed by atoms with E-state index in [0.29, 0.717) is 32.8 Å². The van der Waals surface area contributed by atoms with Crippen molar-refractivity contribution in [3.63, 3.8) is 0 Å². The van der Waals surface area contributed by atoms with Crippen LogP contribution in [-0.4, -0.2) is 10.2 Å². The zero-order valence-electron chi connectivity index (χ0n) is 11.6. The van der Waals surface area contributed by atoms with Gasteiger partial charge in [0.2, 0.25) is 0 Å². The second kappa shape index (κ2) is 8.25. The first-order valence-corrected chi connectivity index (χ1v) is 7.95. The topological polar surface area (TPSA) is 66.6 Å². The molecule has 0 aliphatic rings. The van der Waals surface area contributed by atoms with Crippen molar-refractivity contribution < 1.29 is 22.6 Å². The number of hydrogen-bond acceptors (Lipinski definition) is 4. The van der Waals surface area contributed by atoms with Gasteiger partial charge in [0, 0.05) is 21.7 Å². The minimum absolute atomic E-state index is 0. The number of rotatable bonds is 5. The Bertz CT molecular complexity index is 572. The highest BCUT2D eigenvalue weighted by Crippen LogP contribution is 2.31. The fourth-order valence-electron chi connectivity index (χ4n) is 1.52. The van der Waals surface area contributed by atoms with Crippen molar-refractivity contribution in [2.75, 3.05) is 0 Å². The predicted octanol–water partition coefficient (Wildman–Crippen LogP) is 0.612. The molecule has 0 saturated heterocycles. The molecule has 0 spiro atoms. The SMILES string of the molecule is CC(C)[C@H]([NH3+])c1nnc(SCc2c(Cl)cccc2Cl)o1.[Cl-]. The molecule has 0 saturated carbocycles. The molecule has 8 heteroatoms. The van der Waals surface area contributed by atoms with E-state index in [-0.39, 0.29) is 18.4 Å². The standard InChI is InChI=1S/C13H15Cl2N3OS.ClH/c1-7(2)11(16)12-17-18-13(19-12)20-6-8-9(14)4-3-5-10(8)15;/h3-5,7,11H,6,16H2,1-2H3;1H/t11-;/m0./s1. The maximum absolute atomic E-state index is 6.12. The summed E-state index contributed by atoms with van der Waals surface area (Å²) >= 11 is 13.7. The Hall–Kier alpha value is -0.460. The molecular weight excluding hydrogens is 353 g/mol. The molecule has 2 aromatic rings. The molecule has 0 bridgehead atoms. The van der Waals surface area contributed by atoms with Gasteiger partial charge in [0.1, 0.15) is 0 Å². The van der Waals surface area contributed by atoms with Crippen LogP contribution in [0.1, 0.15) is 31.3 Å². The van der Waals surface area contributed by atoms with Gasteiger partial charge >= 0.3 is 0 Å². The largest absolute Gasteiger partial charge is 1.00 e. The van der Waals surface area contributed by atoms with Gasteiger partial charge in [-0.15, -0.1) is 10.2 Å². The maximum Gasteiger partial charge on any atom is 0.277 e. The summed E-state index contributed by atoms with van der Waals surface area (Å²) in [5.74, 6) is 1.50. The van der Waals surface area contributed by atoms with E-state index in [2.05, 4.69) is 29.8 Å². The van der Waals surface area contributed by atoms with Crippen molar-refractivity contribution in [2.24, 2.45) is 5.92 Å². The number of aromatic nitrogens is 2. The Labute approximate surface area is 144 Å². The van der Waals surface area contributed by atoms with Crippen LogP contribution in [0, 0.1) is 5.92 Å². The van der Waals surface area contributed by atoms with Crippen molar-refractivity contribution in [1.82, 2.24) is 10.2 Å². The quantitative estimate of drug-likeness (QED) is 0.785. The lowest BCUT2D eigenvalue weighted by atomic mass is 10.1. The third-order valence-electron chi connectivity index (χ3n) is 2.95. The molecule has 0 fully saturated rings. The second-order valence-electron chi connectivity index (χ2n) is 4.75. The molecule has 1 aromatic heterocycles. The molecule has 1 heterocycles. The van der Waals surface area contributed by atoms with Gasteiger partial charge < -0.3 is 22.6 Å². The molecule has 116 valence electrons. The van der Waals surface area contributed by atoms with Crippen LogP contribution in [0.15, 0.2) is 27.8 Å². The van der Waals surface area contributed by atoms with E-state index in [9.17, 15) is 0 Å². The van der Waals surface area contributed by atoms with Gasteiger partial charge in [-0.2, -0.15) is 0 Å². The molecule has 0 aliphatic heterocycles. The third kappa shape index (κ3) is 4.76. The van der Waals surface area contributed by atoms with Crippen molar-refractivity contribution in [3.8, 4) is 0 Å².